The minimum absolute atomic E-state index is 0.247. The fourth-order valence-electron chi connectivity index (χ4n) is 1.67. The number of halogens is 2. The molecule has 1 heterocycles. The summed E-state index contributed by atoms with van der Waals surface area (Å²) in [5.74, 6) is 0.231. The molecule has 0 spiro atoms. The van der Waals surface area contributed by atoms with E-state index in [9.17, 15) is 4.79 Å². The maximum Gasteiger partial charge on any atom is 0.255 e. The number of benzene rings is 1. The Kier molecular flexibility index (Phi) is 4.47. The number of rotatable bonds is 3. The molecule has 0 fully saturated rings. The topological polar surface area (TPSA) is 54.0 Å². The van der Waals surface area contributed by atoms with Gasteiger partial charge in [0, 0.05) is 12.6 Å². The molecule has 4 nitrogen and oxygen atoms in total. The van der Waals surface area contributed by atoms with Crippen LogP contribution in [0.2, 0.25) is 10.2 Å². The summed E-state index contributed by atoms with van der Waals surface area (Å²) >= 11 is 12.0. The first-order valence-corrected chi connectivity index (χ1v) is 6.68. The summed E-state index contributed by atoms with van der Waals surface area (Å²) in [7, 11) is 1.71. The molecule has 1 aromatic carbocycles. The van der Waals surface area contributed by atoms with Gasteiger partial charge in [-0.25, -0.2) is 4.98 Å². The summed E-state index contributed by atoms with van der Waals surface area (Å²) < 4.78 is 0. The van der Waals surface area contributed by atoms with E-state index in [0.717, 1.165) is 5.56 Å². The summed E-state index contributed by atoms with van der Waals surface area (Å²) in [5, 5.41) is 6.33. The van der Waals surface area contributed by atoms with Gasteiger partial charge in [-0.3, -0.25) is 4.79 Å². The van der Waals surface area contributed by atoms with Gasteiger partial charge in [-0.1, -0.05) is 29.3 Å². The highest BCUT2D eigenvalue weighted by molar-refractivity contribution is 6.34. The molecular formula is C14H13Cl2N3O. The molecular weight excluding hydrogens is 297 g/mol. The van der Waals surface area contributed by atoms with Gasteiger partial charge < -0.3 is 10.6 Å². The van der Waals surface area contributed by atoms with Crippen molar-refractivity contribution < 1.29 is 4.79 Å². The number of aryl methyl sites for hydroxylation is 1. The lowest BCUT2D eigenvalue weighted by Gasteiger charge is -2.09. The highest BCUT2D eigenvalue weighted by Gasteiger charge is 2.11. The number of aromatic nitrogens is 1. The Bertz CT molecular complexity index is 659. The van der Waals surface area contributed by atoms with Crippen molar-refractivity contribution in [1.82, 2.24) is 4.98 Å². The van der Waals surface area contributed by atoms with E-state index >= 15 is 0 Å². The number of pyridine rings is 1. The Morgan fingerprint density at radius 3 is 2.60 bits per heavy atom. The van der Waals surface area contributed by atoms with Gasteiger partial charge in [-0.2, -0.15) is 0 Å². The van der Waals surface area contributed by atoms with Crippen molar-refractivity contribution in [3.05, 3.63) is 51.6 Å². The number of carbonyl (C=O) groups is 1. The predicted molar refractivity (Wildman–Crippen MR) is 82.9 cm³/mol. The number of hydrogen-bond donors (Lipinski definition) is 2. The van der Waals surface area contributed by atoms with Crippen LogP contribution in [-0.4, -0.2) is 17.9 Å². The molecule has 1 amide bonds. The van der Waals surface area contributed by atoms with Crippen LogP contribution in [0.15, 0.2) is 30.3 Å². The van der Waals surface area contributed by atoms with Crippen molar-refractivity contribution in [3.8, 4) is 0 Å². The first-order valence-electron chi connectivity index (χ1n) is 5.92. The smallest absolute Gasteiger partial charge is 0.255 e. The third-order valence-corrected chi connectivity index (χ3v) is 3.19. The van der Waals surface area contributed by atoms with Crippen molar-refractivity contribution in [1.29, 1.82) is 0 Å². The maximum absolute atomic E-state index is 12.2. The standard InChI is InChI=1S/C14H13Cl2N3O/c1-8-3-4-11(10(15)5-8)18-14(20)9-6-12(16)19-13(7-9)17-2/h3-7H,1-2H3,(H,17,19)(H,18,20). The second kappa shape index (κ2) is 6.11. The lowest BCUT2D eigenvalue weighted by atomic mass is 10.2. The van der Waals surface area contributed by atoms with Crippen molar-refractivity contribution in [2.75, 3.05) is 17.7 Å². The van der Waals surface area contributed by atoms with Gasteiger partial charge in [-0.05, 0) is 36.8 Å². The SMILES string of the molecule is CNc1cc(C(=O)Nc2ccc(C)cc2Cl)cc(Cl)n1. The molecule has 0 unspecified atom stereocenters. The third-order valence-electron chi connectivity index (χ3n) is 2.69. The van der Waals surface area contributed by atoms with Crippen LogP contribution in [-0.2, 0) is 0 Å². The van der Waals surface area contributed by atoms with E-state index in [0.29, 0.717) is 22.1 Å². The minimum atomic E-state index is -0.295. The highest BCUT2D eigenvalue weighted by Crippen LogP contribution is 2.24. The summed E-state index contributed by atoms with van der Waals surface area (Å²) in [4.78, 5) is 16.2. The Hall–Kier alpha value is -1.78. The van der Waals surface area contributed by atoms with E-state index in [1.165, 1.54) is 6.07 Å². The van der Waals surface area contributed by atoms with Gasteiger partial charge in [0.2, 0.25) is 0 Å². The van der Waals surface area contributed by atoms with Gasteiger partial charge in [0.25, 0.3) is 5.91 Å². The molecule has 0 bridgehead atoms. The number of nitrogens with one attached hydrogen (secondary N) is 2. The summed E-state index contributed by atoms with van der Waals surface area (Å²) in [6, 6.07) is 8.54. The van der Waals surface area contributed by atoms with Crippen LogP contribution in [0.5, 0.6) is 0 Å². The van der Waals surface area contributed by atoms with Gasteiger partial charge in [0.1, 0.15) is 11.0 Å². The van der Waals surface area contributed by atoms with Crippen LogP contribution >= 0.6 is 23.2 Å². The Labute approximate surface area is 127 Å². The maximum atomic E-state index is 12.2. The molecule has 0 aliphatic rings. The van der Waals surface area contributed by atoms with E-state index in [-0.39, 0.29) is 11.1 Å². The van der Waals surface area contributed by atoms with Crippen LogP contribution in [0.4, 0.5) is 11.5 Å². The zero-order valence-electron chi connectivity index (χ0n) is 11.0. The number of hydrogen-bond acceptors (Lipinski definition) is 3. The largest absolute Gasteiger partial charge is 0.373 e. The first kappa shape index (κ1) is 14.6. The zero-order chi connectivity index (χ0) is 14.7. The Morgan fingerprint density at radius 2 is 1.95 bits per heavy atom. The van der Waals surface area contributed by atoms with Crippen LogP contribution in [0, 0.1) is 6.92 Å². The number of amides is 1. The zero-order valence-corrected chi connectivity index (χ0v) is 12.5. The second-order valence-electron chi connectivity index (χ2n) is 4.25. The lowest BCUT2D eigenvalue weighted by molar-refractivity contribution is 0.102. The summed E-state index contributed by atoms with van der Waals surface area (Å²) in [5.41, 5.74) is 1.99. The van der Waals surface area contributed by atoms with Crippen molar-refractivity contribution in [3.63, 3.8) is 0 Å². The van der Waals surface area contributed by atoms with E-state index in [1.54, 1.807) is 25.2 Å². The van der Waals surface area contributed by atoms with Crippen molar-refractivity contribution in [2.45, 2.75) is 6.92 Å². The molecule has 2 aromatic rings. The first-order chi connectivity index (χ1) is 9.49. The molecule has 2 N–H and O–H groups in total. The summed E-state index contributed by atoms with van der Waals surface area (Å²) in [6.07, 6.45) is 0. The fourth-order valence-corrected chi connectivity index (χ4v) is 2.16. The molecule has 104 valence electrons. The van der Waals surface area contributed by atoms with Gasteiger partial charge >= 0.3 is 0 Å². The van der Waals surface area contributed by atoms with E-state index in [4.69, 9.17) is 23.2 Å². The normalized spacial score (nSPS) is 10.2. The molecule has 2 rings (SSSR count). The monoisotopic (exact) mass is 309 g/mol. The van der Waals surface area contributed by atoms with Crippen LogP contribution in [0.1, 0.15) is 15.9 Å². The van der Waals surface area contributed by atoms with Crippen LogP contribution < -0.4 is 10.6 Å². The molecule has 20 heavy (non-hydrogen) atoms. The molecule has 0 radical (unpaired) electrons. The van der Waals surface area contributed by atoms with E-state index in [1.807, 2.05) is 13.0 Å². The van der Waals surface area contributed by atoms with Gasteiger partial charge in [0.05, 0.1) is 10.7 Å². The quantitative estimate of drug-likeness (QED) is 0.843. The van der Waals surface area contributed by atoms with Crippen molar-refractivity contribution in [2.24, 2.45) is 0 Å². The number of anilines is 2. The van der Waals surface area contributed by atoms with E-state index in [2.05, 4.69) is 15.6 Å². The summed E-state index contributed by atoms with van der Waals surface area (Å²) in [6.45, 7) is 1.93. The second-order valence-corrected chi connectivity index (χ2v) is 5.05. The predicted octanol–water partition coefficient (Wildman–Crippen LogP) is 3.99. The average molecular weight is 310 g/mol. The van der Waals surface area contributed by atoms with Crippen LogP contribution in [0.25, 0.3) is 0 Å². The molecule has 1 aromatic heterocycles. The molecule has 6 heteroatoms. The molecule has 0 aliphatic carbocycles. The molecule has 0 aliphatic heterocycles. The van der Waals surface area contributed by atoms with Crippen molar-refractivity contribution >= 4 is 40.6 Å². The van der Waals surface area contributed by atoms with E-state index < -0.39 is 0 Å². The highest BCUT2D eigenvalue weighted by atomic mass is 35.5. The molecule has 0 saturated heterocycles. The Morgan fingerprint density at radius 1 is 1.20 bits per heavy atom. The average Bonchev–Trinajstić information content (AvgIpc) is 2.41. The fraction of sp³-hybridized carbons (Fsp3) is 0.143. The molecule has 0 saturated carbocycles. The lowest BCUT2D eigenvalue weighted by Crippen LogP contribution is -2.13. The third kappa shape index (κ3) is 3.40. The minimum Gasteiger partial charge on any atom is -0.373 e. The number of carbonyl (C=O) groups excluding carboxylic acids is 1. The van der Waals surface area contributed by atoms with Gasteiger partial charge in [-0.15, -0.1) is 0 Å². The number of nitrogens with zero attached hydrogens (tertiary/aromatic N) is 1. The molecule has 0 atom stereocenters. The van der Waals surface area contributed by atoms with Gasteiger partial charge in [0.15, 0.2) is 0 Å². The van der Waals surface area contributed by atoms with Crippen LogP contribution in [0.3, 0.4) is 0 Å². The Balaban J connectivity index is 2.26.